The van der Waals surface area contributed by atoms with E-state index >= 15 is 0 Å². The first kappa shape index (κ1) is 15.9. The van der Waals surface area contributed by atoms with Crippen LogP contribution in [0.3, 0.4) is 0 Å². The number of rotatable bonds is 7. The van der Waals surface area contributed by atoms with E-state index in [2.05, 4.69) is 0 Å². The van der Waals surface area contributed by atoms with Crippen molar-refractivity contribution in [2.24, 2.45) is 5.73 Å². The number of thioether (sulfide) groups is 1. The van der Waals surface area contributed by atoms with Gasteiger partial charge in [-0.05, 0) is 24.1 Å². The van der Waals surface area contributed by atoms with Crippen LogP contribution in [0, 0.1) is 0 Å². The number of nitrogens with two attached hydrogens (primary N) is 1. The summed E-state index contributed by atoms with van der Waals surface area (Å²) in [7, 11) is 1.67. The molecule has 4 heteroatoms. The van der Waals surface area contributed by atoms with E-state index in [4.69, 9.17) is 10.5 Å². The van der Waals surface area contributed by atoms with Crippen molar-refractivity contribution in [2.75, 3.05) is 19.4 Å². The minimum atomic E-state index is -0.976. The maximum absolute atomic E-state index is 10.7. The first-order valence-electron chi connectivity index (χ1n) is 6.93. The van der Waals surface area contributed by atoms with E-state index in [0.29, 0.717) is 6.42 Å². The highest BCUT2D eigenvalue weighted by Gasteiger charge is 2.27. The Kier molecular flexibility index (Phi) is 5.67. The molecule has 0 aliphatic heterocycles. The van der Waals surface area contributed by atoms with Crippen LogP contribution in [-0.4, -0.2) is 24.5 Å². The minimum absolute atomic E-state index is 0.212. The lowest BCUT2D eigenvalue weighted by Gasteiger charge is -2.27. The molecule has 2 aromatic rings. The van der Waals surface area contributed by atoms with E-state index in [1.165, 1.54) is 0 Å². The quantitative estimate of drug-likeness (QED) is 0.772. The topological polar surface area (TPSA) is 55.5 Å². The van der Waals surface area contributed by atoms with Crippen molar-refractivity contribution in [1.82, 2.24) is 0 Å². The zero-order chi connectivity index (χ0) is 15.1. The third-order valence-electron chi connectivity index (χ3n) is 3.49. The second kappa shape index (κ2) is 7.50. The molecule has 3 nitrogen and oxygen atoms in total. The predicted octanol–water partition coefficient (Wildman–Crippen LogP) is 3.02. The monoisotopic (exact) mass is 303 g/mol. The lowest BCUT2D eigenvalue weighted by molar-refractivity contribution is 0.0431. The average molecular weight is 303 g/mol. The van der Waals surface area contributed by atoms with Gasteiger partial charge in [0.25, 0.3) is 0 Å². The summed E-state index contributed by atoms with van der Waals surface area (Å²) in [5.74, 6) is 1.63. The number of aliphatic hydroxyl groups is 1. The molecule has 112 valence electrons. The summed E-state index contributed by atoms with van der Waals surface area (Å²) in [5.41, 5.74) is 5.68. The summed E-state index contributed by atoms with van der Waals surface area (Å²) >= 11 is 1.67. The van der Waals surface area contributed by atoms with Crippen LogP contribution in [0.2, 0.25) is 0 Å². The van der Waals surface area contributed by atoms with Crippen LogP contribution < -0.4 is 10.5 Å². The molecule has 2 aromatic carbocycles. The Labute approximate surface area is 130 Å². The average Bonchev–Trinajstić information content (AvgIpc) is 2.56. The van der Waals surface area contributed by atoms with E-state index in [1.54, 1.807) is 18.9 Å². The molecule has 0 aliphatic carbocycles. The van der Waals surface area contributed by atoms with Gasteiger partial charge in [-0.1, -0.05) is 42.5 Å². The van der Waals surface area contributed by atoms with Gasteiger partial charge in [0.15, 0.2) is 0 Å². The summed E-state index contributed by atoms with van der Waals surface area (Å²) in [6.07, 6.45) is 0.593. The Morgan fingerprint density at radius 1 is 1.10 bits per heavy atom. The van der Waals surface area contributed by atoms with Crippen molar-refractivity contribution in [1.29, 1.82) is 0 Å². The minimum Gasteiger partial charge on any atom is -0.496 e. The fourth-order valence-electron chi connectivity index (χ4n) is 2.18. The van der Waals surface area contributed by atoms with Crippen LogP contribution in [0.5, 0.6) is 5.75 Å². The number of ether oxygens (including phenoxy) is 1. The van der Waals surface area contributed by atoms with Gasteiger partial charge in [0.2, 0.25) is 0 Å². The Hall–Kier alpha value is -1.49. The fourth-order valence-corrected chi connectivity index (χ4v) is 3.31. The standard InChI is InChI=1S/C17H21NO2S/c1-20-15-9-5-6-10-16(15)21-12-11-17(19,13-18)14-7-3-2-4-8-14/h2-10,19H,11-13,18H2,1H3. The Morgan fingerprint density at radius 3 is 2.43 bits per heavy atom. The Bertz CT molecular complexity index is 562. The maximum atomic E-state index is 10.7. The highest BCUT2D eigenvalue weighted by Crippen LogP contribution is 2.32. The van der Waals surface area contributed by atoms with Crippen molar-refractivity contribution in [3.05, 3.63) is 60.2 Å². The molecule has 0 radical (unpaired) electrons. The number of hydrogen-bond donors (Lipinski definition) is 2. The molecule has 0 heterocycles. The Morgan fingerprint density at radius 2 is 1.76 bits per heavy atom. The molecule has 0 fully saturated rings. The predicted molar refractivity (Wildman–Crippen MR) is 87.7 cm³/mol. The molecule has 3 N–H and O–H groups in total. The molecule has 1 atom stereocenters. The molecule has 0 aromatic heterocycles. The fraction of sp³-hybridized carbons (Fsp3) is 0.294. The van der Waals surface area contributed by atoms with Gasteiger partial charge in [-0.3, -0.25) is 0 Å². The van der Waals surface area contributed by atoms with Gasteiger partial charge in [0.05, 0.1) is 7.11 Å². The van der Waals surface area contributed by atoms with Crippen molar-refractivity contribution in [3.8, 4) is 5.75 Å². The molecule has 0 aliphatic rings. The smallest absolute Gasteiger partial charge is 0.132 e. The molecule has 21 heavy (non-hydrogen) atoms. The zero-order valence-corrected chi connectivity index (χ0v) is 13.0. The normalized spacial score (nSPS) is 13.7. The van der Waals surface area contributed by atoms with E-state index in [9.17, 15) is 5.11 Å². The molecule has 0 saturated carbocycles. The second-order valence-corrected chi connectivity index (χ2v) is 5.99. The van der Waals surface area contributed by atoms with Crippen molar-refractivity contribution < 1.29 is 9.84 Å². The third kappa shape index (κ3) is 4.00. The first-order valence-corrected chi connectivity index (χ1v) is 7.92. The molecule has 0 bridgehead atoms. The largest absolute Gasteiger partial charge is 0.496 e. The Balaban J connectivity index is 2.01. The summed E-state index contributed by atoms with van der Waals surface area (Å²) in [6.45, 7) is 0.212. The number of para-hydroxylation sites is 1. The van der Waals surface area contributed by atoms with Crippen LogP contribution in [0.25, 0.3) is 0 Å². The van der Waals surface area contributed by atoms with Gasteiger partial charge >= 0.3 is 0 Å². The van der Waals surface area contributed by atoms with Gasteiger partial charge in [-0.2, -0.15) is 0 Å². The molecule has 0 saturated heterocycles. The van der Waals surface area contributed by atoms with Crippen molar-refractivity contribution in [3.63, 3.8) is 0 Å². The van der Waals surface area contributed by atoms with E-state index in [1.807, 2.05) is 54.6 Å². The van der Waals surface area contributed by atoms with E-state index in [-0.39, 0.29) is 6.54 Å². The number of methoxy groups -OCH3 is 1. The van der Waals surface area contributed by atoms with Gasteiger partial charge in [0.1, 0.15) is 11.4 Å². The van der Waals surface area contributed by atoms with Gasteiger partial charge < -0.3 is 15.6 Å². The SMILES string of the molecule is COc1ccccc1SCCC(O)(CN)c1ccccc1. The lowest BCUT2D eigenvalue weighted by Crippen LogP contribution is -2.35. The summed E-state index contributed by atoms with van der Waals surface area (Å²) in [5, 5.41) is 10.7. The van der Waals surface area contributed by atoms with Gasteiger partial charge in [0, 0.05) is 17.2 Å². The highest BCUT2D eigenvalue weighted by atomic mass is 32.2. The summed E-state index contributed by atoms with van der Waals surface area (Å²) in [6, 6.07) is 17.5. The van der Waals surface area contributed by atoms with Crippen molar-refractivity contribution >= 4 is 11.8 Å². The van der Waals surface area contributed by atoms with E-state index in [0.717, 1.165) is 22.0 Å². The lowest BCUT2D eigenvalue weighted by atomic mass is 9.91. The van der Waals surface area contributed by atoms with Crippen LogP contribution in [0.1, 0.15) is 12.0 Å². The highest BCUT2D eigenvalue weighted by molar-refractivity contribution is 7.99. The van der Waals surface area contributed by atoms with Crippen molar-refractivity contribution in [2.45, 2.75) is 16.9 Å². The molecule has 2 rings (SSSR count). The van der Waals surface area contributed by atoms with Gasteiger partial charge in [-0.15, -0.1) is 11.8 Å². The zero-order valence-electron chi connectivity index (χ0n) is 12.2. The molecular weight excluding hydrogens is 282 g/mol. The van der Waals surface area contributed by atoms with Crippen LogP contribution in [-0.2, 0) is 5.60 Å². The third-order valence-corrected chi connectivity index (χ3v) is 4.55. The number of hydrogen-bond acceptors (Lipinski definition) is 4. The maximum Gasteiger partial charge on any atom is 0.132 e. The summed E-state index contributed by atoms with van der Waals surface area (Å²) in [4.78, 5) is 1.08. The van der Waals surface area contributed by atoms with Gasteiger partial charge in [-0.25, -0.2) is 0 Å². The van der Waals surface area contributed by atoms with Crippen LogP contribution in [0.4, 0.5) is 0 Å². The second-order valence-electron chi connectivity index (χ2n) is 4.85. The summed E-state index contributed by atoms with van der Waals surface area (Å²) < 4.78 is 5.33. The van der Waals surface area contributed by atoms with Crippen LogP contribution >= 0.6 is 11.8 Å². The first-order chi connectivity index (χ1) is 10.2. The molecule has 1 unspecified atom stereocenters. The molecule has 0 amide bonds. The van der Waals surface area contributed by atoms with E-state index < -0.39 is 5.60 Å². The molecule has 0 spiro atoms. The van der Waals surface area contributed by atoms with Crippen LogP contribution in [0.15, 0.2) is 59.5 Å². The number of benzene rings is 2. The molecular formula is C17H21NO2S.